The van der Waals surface area contributed by atoms with Crippen LogP contribution in [0.1, 0.15) is 6.92 Å². The molecule has 0 radical (unpaired) electrons. The SMILES string of the molecule is CCn1c(SCC(=O)OCC(=O)N(C)C)nnc1-c1ccco1. The molecule has 0 saturated carbocycles. The average Bonchev–Trinajstić information content (AvgIpc) is 3.18. The van der Waals surface area contributed by atoms with E-state index in [-0.39, 0.29) is 18.3 Å². The lowest BCUT2D eigenvalue weighted by atomic mass is 10.4. The van der Waals surface area contributed by atoms with Gasteiger partial charge in [0.1, 0.15) is 0 Å². The van der Waals surface area contributed by atoms with E-state index in [0.717, 1.165) is 0 Å². The third-order valence-electron chi connectivity index (χ3n) is 2.95. The lowest BCUT2D eigenvalue weighted by Crippen LogP contribution is -2.28. The molecule has 2 heterocycles. The van der Waals surface area contributed by atoms with Crippen molar-refractivity contribution < 1.29 is 18.7 Å². The predicted molar refractivity (Wildman–Crippen MR) is 83.8 cm³/mol. The van der Waals surface area contributed by atoms with Crippen molar-refractivity contribution in [1.82, 2.24) is 19.7 Å². The Morgan fingerprint density at radius 3 is 2.78 bits per heavy atom. The maximum Gasteiger partial charge on any atom is 0.316 e. The molecule has 2 rings (SSSR count). The number of thioether (sulfide) groups is 1. The van der Waals surface area contributed by atoms with Gasteiger partial charge in [-0.25, -0.2) is 0 Å². The third-order valence-corrected chi connectivity index (χ3v) is 3.89. The molecule has 0 N–H and O–H groups in total. The first-order valence-electron chi connectivity index (χ1n) is 6.98. The maximum atomic E-state index is 11.7. The van der Waals surface area contributed by atoms with Crippen LogP contribution < -0.4 is 0 Å². The molecule has 1 amide bonds. The number of ether oxygens (including phenoxy) is 1. The van der Waals surface area contributed by atoms with E-state index >= 15 is 0 Å². The highest BCUT2D eigenvalue weighted by molar-refractivity contribution is 7.99. The van der Waals surface area contributed by atoms with Crippen molar-refractivity contribution >= 4 is 23.6 Å². The zero-order valence-corrected chi connectivity index (χ0v) is 14.0. The topological polar surface area (TPSA) is 90.5 Å². The fourth-order valence-electron chi connectivity index (χ4n) is 1.71. The minimum atomic E-state index is -0.476. The summed E-state index contributed by atoms with van der Waals surface area (Å²) in [6.07, 6.45) is 1.57. The van der Waals surface area contributed by atoms with Crippen LogP contribution in [0.3, 0.4) is 0 Å². The molecule has 0 aliphatic heterocycles. The van der Waals surface area contributed by atoms with Crippen molar-refractivity contribution in [3.63, 3.8) is 0 Å². The smallest absolute Gasteiger partial charge is 0.316 e. The van der Waals surface area contributed by atoms with Crippen molar-refractivity contribution in [3.8, 4) is 11.6 Å². The van der Waals surface area contributed by atoms with E-state index in [1.165, 1.54) is 16.7 Å². The summed E-state index contributed by atoms with van der Waals surface area (Å²) >= 11 is 1.21. The zero-order chi connectivity index (χ0) is 16.8. The first kappa shape index (κ1) is 17.1. The van der Waals surface area contributed by atoms with Crippen LogP contribution in [0.2, 0.25) is 0 Å². The number of hydrogen-bond acceptors (Lipinski definition) is 7. The first-order valence-corrected chi connectivity index (χ1v) is 7.97. The number of rotatable bonds is 7. The average molecular weight is 338 g/mol. The van der Waals surface area contributed by atoms with Crippen LogP contribution in [0.4, 0.5) is 0 Å². The maximum absolute atomic E-state index is 11.7. The first-order chi connectivity index (χ1) is 11.0. The number of esters is 1. The largest absolute Gasteiger partial charge is 0.461 e. The fourth-order valence-corrected chi connectivity index (χ4v) is 2.51. The number of hydrogen-bond donors (Lipinski definition) is 0. The van der Waals surface area contributed by atoms with E-state index in [4.69, 9.17) is 9.15 Å². The van der Waals surface area contributed by atoms with Crippen molar-refractivity contribution in [2.45, 2.75) is 18.6 Å². The highest BCUT2D eigenvalue weighted by atomic mass is 32.2. The molecule has 0 spiro atoms. The minimum absolute atomic E-state index is 0.0526. The third kappa shape index (κ3) is 4.35. The summed E-state index contributed by atoms with van der Waals surface area (Å²) in [5, 5.41) is 8.75. The second-order valence-electron chi connectivity index (χ2n) is 4.77. The summed E-state index contributed by atoms with van der Waals surface area (Å²) in [7, 11) is 3.20. The number of carbonyl (C=O) groups is 2. The van der Waals surface area contributed by atoms with Crippen LogP contribution in [0.5, 0.6) is 0 Å². The summed E-state index contributed by atoms with van der Waals surface area (Å²) in [4.78, 5) is 24.4. The Bertz CT molecular complexity index is 666. The fraction of sp³-hybridized carbons (Fsp3) is 0.429. The minimum Gasteiger partial charge on any atom is -0.461 e. The summed E-state index contributed by atoms with van der Waals surface area (Å²) in [5.41, 5.74) is 0. The Hall–Kier alpha value is -2.29. The van der Waals surface area contributed by atoms with Crippen LogP contribution >= 0.6 is 11.8 Å². The van der Waals surface area contributed by atoms with E-state index in [0.29, 0.717) is 23.3 Å². The molecule has 0 aliphatic carbocycles. The second-order valence-corrected chi connectivity index (χ2v) is 5.71. The Morgan fingerprint density at radius 1 is 1.39 bits per heavy atom. The Morgan fingerprint density at radius 2 is 2.17 bits per heavy atom. The molecule has 124 valence electrons. The van der Waals surface area contributed by atoms with Gasteiger partial charge in [-0.3, -0.25) is 14.2 Å². The predicted octanol–water partition coefficient (Wildman–Crippen LogP) is 1.28. The van der Waals surface area contributed by atoms with Crippen molar-refractivity contribution in [3.05, 3.63) is 18.4 Å². The van der Waals surface area contributed by atoms with E-state index < -0.39 is 5.97 Å². The van der Waals surface area contributed by atoms with Gasteiger partial charge in [-0.2, -0.15) is 0 Å². The standard InChI is InChI=1S/C14H18N4O4S/c1-4-18-13(10-6-5-7-21-10)15-16-14(18)23-9-12(20)22-8-11(19)17(2)3/h5-7H,4,8-9H2,1-3H3. The van der Waals surface area contributed by atoms with Crippen LogP contribution in [-0.2, 0) is 20.9 Å². The molecule has 2 aromatic rings. The van der Waals surface area contributed by atoms with Crippen LogP contribution in [0.15, 0.2) is 28.0 Å². The van der Waals surface area contributed by atoms with E-state index in [9.17, 15) is 9.59 Å². The summed E-state index contributed by atoms with van der Waals surface area (Å²) < 4.78 is 12.1. The number of amides is 1. The van der Waals surface area contributed by atoms with Gasteiger partial charge in [0.15, 0.2) is 23.3 Å². The molecule has 0 saturated heterocycles. The number of carbonyl (C=O) groups excluding carboxylic acids is 2. The van der Waals surface area contributed by atoms with Crippen LogP contribution in [0, 0.1) is 0 Å². The molecular formula is C14H18N4O4S. The summed E-state index contributed by atoms with van der Waals surface area (Å²) in [5.74, 6) is 0.536. The van der Waals surface area contributed by atoms with Gasteiger partial charge in [-0.05, 0) is 19.1 Å². The van der Waals surface area contributed by atoms with Crippen LogP contribution in [-0.4, -0.2) is 58.0 Å². The zero-order valence-electron chi connectivity index (χ0n) is 13.2. The van der Waals surface area contributed by atoms with Gasteiger partial charge in [0.2, 0.25) is 0 Å². The molecule has 0 fully saturated rings. The quantitative estimate of drug-likeness (QED) is 0.555. The summed E-state index contributed by atoms with van der Waals surface area (Å²) in [6.45, 7) is 2.33. The Balaban J connectivity index is 1.93. The van der Waals surface area contributed by atoms with Crippen molar-refractivity contribution in [2.24, 2.45) is 0 Å². The molecule has 0 atom stereocenters. The molecule has 9 heteroatoms. The highest BCUT2D eigenvalue weighted by Gasteiger charge is 2.17. The highest BCUT2D eigenvalue weighted by Crippen LogP contribution is 2.24. The molecule has 0 unspecified atom stereocenters. The lowest BCUT2D eigenvalue weighted by Gasteiger charge is -2.10. The number of nitrogens with zero attached hydrogens (tertiary/aromatic N) is 4. The normalized spacial score (nSPS) is 10.6. The molecule has 0 aromatic carbocycles. The van der Waals surface area contributed by atoms with Gasteiger partial charge < -0.3 is 14.1 Å². The van der Waals surface area contributed by atoms with Gasteiger partial charge in [0.05, 0.1) is 12.0 Å². The van der Waals surface area contributed by atoms with Gasteiger partial charge in [0.25, 0.3) is 5.91 Å². The molecule has 23 heavy (non-hydrogen) atoms. The van der Waals surface area contributed by atoms with Crippen molar-refractivity contribution in [1.29, 1.82) is 0 Å². The number of furan rings is 1. The van der Waals surface area contributed by atoms with E-state index in [1.807, 2.05) is 11.5 Å². The van der Waals surface area contributed by atoms with Gasteiger partial charge >= 0.3 is 5.97 Å². The molecule has 8 nitrogen and oxygen atoms in total. The Labute approximate surface area is 137 Å². The lowest BCUT2D eigenvalue weighted by molar-refractivity contribution is -0.148. The summed E-state index contributed by atoms with van der Waals surface area (Å²) in [6, 6.07) is 3.57. The van der Waals surface area contributed by atoms with Crippen LogP contribution in [0.25, 0.3) is 11.6 Å². The van der Waals surface area contributed by atoms with E-state index in [1.54, 1.807) is 32.5 Å². The van der Waals surface area contributed by atoms with Gasteiger partial charge in [-0.1, -0.05) is 11.8 Å². The molecule has 0 bridgehead atoms. The molecule has 0 aliphatic rings. The molecular weight excluding hydrogens is 320 g/mol. The second kappa shape index (κ2) is 7.82. The van der Waals surface area contributed by atoms with Crippen molar-refractivity contribution in [2.75, 3.05) is 26.5 Å². The molecule has 2 aromatic heterocycles. The van der Waals surface area contributed by atoms with Gasteiger partial charge in [-0.15, -0.1) is 10.2 Å². The Kier molecular flexibility index (Phi) is 5.80. The number of likely N-dealkylation sites (N-methyl/N-ethyl adjacent to an activating group) is 1. The number of aromatic nitrogens is 3. The van der Waals surface area contributed by atoms with E-state index in [2.05, 4.69) is 10.2 Å². The monoisotopic (exact) mass is 338 g/mol. The van der Waals surface area contributed by atoms with Gasteiger partial charge in [0, 0.05) is 20.6 Å².